The Morgan fingerprint density at radius 3 is 2.76 bits per heavy atom. The van der Waals surface area contributed by atoms with Crippen molar-refractivity contribution >= 4 is 0 Å². The van der Waals surface area contributed by atoms with Gasteiger partial charge in [-0.2, -0.15) is 0 Å². The Kier molecular flexibility index (Phi) is 4.79. The Hall–Kier alpha value is -0.160. The van der Waals surface area contributed by atoms with Crippen LogP contribution in [0.25, 0.3) is 0 Å². The summed E-state index contributed by atoms with van der Waals surface area (Å²) >= 11 is 0. The van der Waals surface area contributed by atoms with E-state index in [-0.39, 0.29) is 18.8 Å². The summed E-state index contributed by atoms with van der Waals surface area (Å²) in [5, 5.41) is 9.26. The van der Waals surface area contributed by atoms with E-state index in [1.807, 2.05) is 0 Å². The molecule has 1 aliphatic carbocycles. The minimum absolute atomic E-state index is 0.0331. The lowest BCUT2D eigenvalue weighted by Gasteiger charge is -2.42. The lowest BCUT2D eigenvalue weighted by molar-refractivity contribution is -0.108. The number of nitrogens with zero attached hydrogens (tertiary/aromatic N) is 1. The molecule has 0 spiro atoms. The Labute approximate surface area is 104 Å². The van der Waals surface area contributed by atoms with Crippen molar-refractivity contribution in [3.05, 3.63) is 0 Å². The van der Waals surface area contributed by atoms with Crippen LogP contribution in [0.1, 0.15) is 39.0 Å². The van der Waals surface area contributed by atoms with Crippen LogP contribution in [-0.2, 0) is 4.74 Å². The molecule has 0 aromatic rings. The molecule has 2 rings (SSSR count). The third kappa shape index (κ3) is 3.41. The van der Waals surface area contributed by atoms with Gasteiger partial charge in [-0.25, -0.2) is 0 Å². The molecule has 4 atom stereocenters. The van der Waals surface area contributed by atoms with Crippen molar-refractivity contribution in [2.75, 3.05) is 19.7 Å². The summed E-state index contributed by atoms with van der Waals surface area (Å²) < 4.78 is 5.69. The maximum Gasteiger partial charge on any atom is 0.0936 e. The molecule has 2 aliphatic rings. The third-order valence-corrected chi connectivity index (χ3v) is 4.06. The predicted molar refractivity (Wildman–Crippen MR) is 67.8 cm³/mol. The van der Waals surface area contributed by atoms with E-state index in [4.69, 9.17) is 10.5 Å². The SMILES string of the molecule is CC1CN(C2CCCCCC2N)CC(CO)O1. The maximum atomic E-state index is 9.26. The number of ether oxygens (including phenoxy) is 1. The lowest BCUT2D eigenvalue weighted by Crippen LogP contribution is -2.56. The van der Waals surface area contributed by atoms with Crippen LogP contribution in [0.15, 0.2) is 0 Å². The zero-order valence-corrected chi connectivity index (χ0v) is 10.8. The van der Waals surface area contributed by atoms with E-state index < -0.39 is 0 Å². The van der Waals surface area contributed by atoms with Crippen LogP contribution in [0.4, 0.5) is 0 Å². The highest BCUT2D eigenvalue weighted by molar-refractivity contribution is 4.88. The second-order valence-electron chi connectivity index (χ2n) is 5.57. The van der Waals surface area contributed by atoms with Crippen LogP contribution >= 0.6 is 0 Å². The van der Waals surface area contributed by atoms with Gasteiger partial charge in [0, 0.05) is 25.2 Å². The van der Waals surface area contributed by atoms with Crippen LogP contribution in [-0.4, -0.2) is 54.0 Å². The quantitative estimate of drug-likeness (QED) is 0.701. The molecule has 17 heavy (non-hydrogen) atoms. The second kappa shape index (κ2) is 6.14. The molecule has 0 aromatic carbocycles. The van der Waals surface area contributed by atoms with Crippen molar-refractivity contribution in [1.82, 2.24) is 4.90 Å². The molecule has 0 amide bonds. The molecule has 4 unspecified atom stereocenters. The lowest BCUT2D eigenvalue weighted by atomic mass is 10.0. The van der Waals surface area contributed by atoms with Crippen LogP contribution in [0, 0.1) is 0 Å². The zero-order chi connectivity index (χ0) is 12.3. The topological polar surface area (TPSA) is 58.7 Å². The van der Waals surface area contributed by atoms with Crippen LogP contribution in [0.5, 0.6) is 0 Å². The van der Waals surface area contributed by atoms with Crippen LogP contribution in [0.2, 0.25) is 0 Å². The first-order valence-electron chi connectivity index (χ1n) is 6.96. The first-order valence-corrected chi connectivity index (χ1v) is 6.96. The molecule has 4 heteroatoms. The molecule has 1 aliphatic heterocycles. The van der Waals surface area contributed by atoms with Crippen molar-refractivity contribution in [2.24, 2.45) is 5.73 Å². The smallest absolute Gasteiger partial charge is 0.0936 e. The molecule has 1 heterocycles. The zero-order valence-electron chi connectivity index (χ0n) is 10.8. The Balaban J connectivity index is 1.98. The van der Waals surface area contributed by atoms with Gasteiger partial charge in [0.15, 0.2) is 0 Å². The van der Waals surface area contributed by atoms with Gasteiger partial charge in [0.25, 0.3) is 0 Å². The molecule has 3 N–H and O–H groups in total. The fourth-order valence-corrected chi connectivity index (χ4v) is 3.22. The summed E-state index contributed by atoms with van der Waals surface area (Å²) in [4.78, 5) is 2.45. The van der Waals surface area contributed by atoms with Gasteiger partial charge in [-0.15, -0.1) is 0 Å². The Morgan fingerprint density at radius 2 is 2.00 bits per heavy atom. The molecule has 1 saturated carbocycles. The highest BCUT2D eigenvalue weighted by atomic mass is 16.5. The molecule has 100 valence electrons. The van der Waals surface area contributed by atoms with E-state index >= 15 is 0 Å². The van der Waals surface area contributed by atoms with Gasteiger partial charge >= 0.3 is 0 Å². The van der Waals surface area contributed by atoms with Gasteiger partial charge in [-0.05, 0) is 19.8 Å². The second-order valence-corrected chi connectivity index (χ2v) is 5.57. The summed E-state index contributed by atoms with van der Waals surface area (Å²) in [5.74, 6) is 0. The molecular formula is C13H26N2O2. The van der Waals surface area contributed by atoms with E-state index in [1.54, 1.807) is 0 Å². The fourth-order valence-electron chi connectivity index (χ4n) is 3.22. The van der Waals surface area contributed by atoms with Crippen molar-refractivity contribution in [2.45, 2.75) is 63.3 Å². The number of hydrogen-bond acceptors (Lipinski definition) is 4. The van der Waals surface area contributed by atoms with Crippen LogP contribution in [0.3, 0.4) is 0 Å². The summed E-state index contributed by atoms with van der Waals surface area (Å²) in [6.45, 7) is 3.98. The minimum atomic E-state index is -0.0331. The molecule has 4 nitrogen and oxygen atoms in total. The third-order valence-electron chi connectivity index (χ3n) is 4.06. The number of morpholine rings is 1. The number of hydrogen-bond donors (Lipinski definition) is 2. The van der Waals surface area contributed by atoms with E-state index in [9.17, 15) is 5.11 Å². The Morgan fingerprint density at radius 1 is 1.24 bits per heavy atom. The van der Waals surface area contributed by atoms with E-state index in [0.717, 1.165) is 19.5 Å². The Bertz CT molecular complexity index is 237. The minimum Gasteiger partial charge on any atom is -0.394 e. The van der Waals surface area contributed by atoms with E-state index in [1.165, 1.54) is 25.7 Å². The molecular weight excluding hydrogens is 216 g/mol. The highest BCUT2D eigenvalue weighted by Crippen LogP contribution is 2.24. The molecule has 0 radical (unpaired) electrons. The molecule has 1 saturated heterocycles. The van der Waals surface area contributed by atoms with E-state index in [2.05, 4.69) is 11.8 Å². The standard InChI is InChI=1S/C13H26N2O2/c1-10-7-15(8-11(9-16)17-10)13-6-4-2-3-5-12(13)14/h10-13,16H,2-9,14H2,1H3. The van der Waals surface area contributed by atoms with Gasteiger partial charge in [-0.1, -0.05) is 19.3 Å². The summed E-state index contributed by atoms with van der Waals surface area (Å²) in [7, 11) is 0. The van der Waals surface area contributed by atoms with Crippen molar-refractivity contribution < 1.29 is 9.84 Å². The van der Waals surface area contributed by atoms with Crippen molar-refractivity contribution in [3.63, 3.8) is 0 Å². The predicted octanol–water partition coefficient (Wildman–Crippen LogP) is 0.728. The average molecular weight is 242 g/mol. The van der Waals surface area contributed by atoms with Crippen LogP contribution < -0.4 is 5.73 Å². The number of aliphatic hydroxyl groups excluding tert-OH is 1. The normalized spacial score (nSPS) is 41.1. The van der Waals surface area contributed by atoms with Gasteiger partial charge in [0.2, 0.25) is 0 Å². The maximum absolute atomic E-state index is 9.26. The summed E-state index contributed by atoms with van der Waals surface area (Å²) in [6, 6.07) is 0.778. The van der Waals surface area contributed by atoms with Gasteiger partial charge in [-0.3, -0.25) is 4.90 Å². The van der Waals surface area contributed by atoms with Gasteiger partial charge in [0.05, 0.1) is 18.8 Å². The van der Waals surface area contributed by atoms with E-state index in [0.29, 0.717) is 12.1 Å². The van der Waals surface area contributed by atoms with Crippen molar-refractivity contribution in [1.29, 1.82) is 0 Å². The summed E-state index contributed by atoms with van der Waals surface area (Å²) in [5.41, 5.74) is 6.30. The molecule has 0 bridgehead atoms. The summed E-state index contributed by atoms with van der Waals surface area (Å²) in [6.07, 6.45) is 6.37. The highest BCUT2D eigenvalue weighted by Gasteiger charge is 2.32. The number of rotatable bonds is 2. The van der Waals surface area contributed by atoms with Gasteiger partial charge in [0.1, 0.15) is 0 Å². The van der Waals surface area contributed by atoms with Crippen molar-refractivity contribution in [3.8, 4) is 0 Å². The van der Waals surface area contributed by atoms with Gasteiger partial charge < -0.3 is 15.6 Å². The first-order chi connectivity index (χ1) is 8.20. The number of nitrogens with two attached hydrogens (primary N) is 1. The first kappa shape index (κ1) is 13.3. The average Bonchev–Trinajstić information content (AvgIpc) is 2.53. The fraction of sp³-hybridized carbons (Fsp3) is 1.00. The largest absolute Gasteiger partial charge is 0.394 e. The monoisotopic (exact) mass is 242 g/mol. The number of aliphatic hydroxyl groups is 1. The molecule has 2 fully saturated rings. The molecule has 0 aromatic heterocycles.